The Hall–Kier alpha value is -1.30. The number of hydrogen-bond donors (Lipinski definition) is 1. The van der Waals surface area contributed by atoms with Gasteiger partial charge < -0.3 is 14.9 Å². The van der Waals surface area contributed by atoms with Crippen LogP contribution in [0.15, 0.2) is 0 Å². The van der Waals surface area contributed by atoms with E-state index in [1.165, 1.54) is 0 Å². The fraction of sp³-hybridized carbons (Fsp3) is 0.867. The molecule has 0 aromatic carbocycles. The molecule has 1 aliphatic heterocycles. The van der Waals surface area contributed by atoms with Crippen LogP contribution >= 0.6 is 0 Å². The van der Waals surface area contributed by atoms with Crippen molar-refractivity contribution in [1.82, 2.24) is 14.7 Å². The monoisotopic (exact) mass is 297 g/mol. The van der Waals surface area contributed by atoms with E-state index in [1.807, 2.05) is 14.7 Å². The summed E-state index contributed by atoms with van der Waals surface area (Å²) in [5.74, 6) is -0.196. The summed E-state index contributed by atoms with van der Waals surface area (Å²) in [4.78, 5) is 29.2. The molecule has 0 aromatic heterocycles. The van der Waals surface area contributed by atoms with Crippen molar-refractivity contribution in [3.63, 3.8) is 0 Å². The normalized spacial score (nSPS) is 19.9. The number of hydrogen-bond acceptors (Lipinski definition) is 3. The van der Waals surface area contributed by atoms with Crippen molar-refractivity contribution < 1.29 is 14.7 Å². The Bertz CT molecular complexity index is 374. The molecule has 0 aromatic rings. The first kappa shape index (κ1) is 16.1. The van der Waals surface area contributed by atoms with Crippen LogP contribution in [-0.4, -0.2) is 77.1 Å². The molecule has 120 valence electrons. The highest BCUT2D eigenvalue weighted by Crippen LogP contribution is 2.28. The standard InChI is InChI=1S/C15H27N3O3/c1-12(2)5-6-18(13-3-4-13)15(21)17-9-7-16(8-10-17)11-14(19)20/h12-13H,3-11H2,1-2H3,(H,19,20). The molecule has 21 heavy (non-hydrogen) atoms. The van der Waals surface area contributed by atoms with Crippen LogP contribution in [-0.2, 0) is 4.79 Å². The minimum atomic E-state index is -0.800. The molecule has 2 amide bonds. The number of nitrogens with zero attached hydrogens (tertiary/aromatic N) is 3. The van der Waals surface area contributed by atoms with Crippen molar-refractivity contribution in [1.29, 1.82) is 0 Å². The van der Waals surface area contributed by atoms with Gasteiger partial charge in [-0.05, 0) is 25.2 Å². The summed E-state index contributed by atoms with van der Waals surface area (Å²) in [5.41, 5.74) is 0. The molecule has 0 spiro atoms. The van der Waals surface area contributed by atoms with E-state index < -0.39 is 5.97 Å². The number of urea groups is 1. The van der Waals surface area contributed by atoms with Gasteiger partial charge in [-0.15, -0.1) is 0 Å². The van der Waals surface area contributed by atoms with Crippen LogP contribution in [0.25, 0.3) is 0 Å². The zero-order chi connectivity index (χ0) is 15.4. The van der Waals surface area contributed by atoms with Crippen LogP contribution in [0, 0.1) is 5.92 Å². The van der Waals surface area contributed by atoms with Crippen molar-refractivity contribution in [3.8, 4) is 0 Å². The Kier molecular flexibility index (Phi) is 5.45. The third-order valence-electron chi connectivity index (χ3n) is 4.18. The van der Waals surface area contributed by atoms with E-state index in [2.05, 4.69) is 13.8 Å². The lowest BCUT2D eigenvalue weighted by Gasteiger charge is -2.37. The maximum Gasteiger partial charge on any atom is 0.320 e. The summed E-state index contributed by atoms with van der Waals surface area (Å²) in [6, 6.07) is 0.585. The van der Waals surface area contributed by atoms with E-state index in [9.17, 15) is 9.59 Å². The Morgan fingerprint density at radius 3 is 2.29 bits per heavy atom. The molecule has 0 unspecified atom stereocenters. The summed E-state index contributed by atoms with van der Waals surface area (Å²) in [6.07, 6.45) is 3.30. The number of rotatable bonds is 6. The number of carbonyl (C=O) groups is 2. The molecule has 1 saturated heterocycles. The fourth-order valence-corrected chi connectivity index (χ4v) is 2.69. The second-order valence-electron chi connectivity index (χ2n) is 6.55. The number of amides is 2. The highest BCUT2D eigenvalue weighted by Gasteiger charge is 2.35. The third kappa shape index (κ3) is 4.88. The first-order valence-corrected chi connectivity index (χ1v) is 7.97. The summed E-state index contributed by atoms with van der Waals surface area (Å²) < 4.78 is 0. The summed E-state index contributed by atoms with van der Waals surface area (Å²) in [5, 5.41) is 8.80. The lowest BCUT2D eigenvalue weighted by atomic mass is 10.1. The Morgan fingerprint density at radius 2 is 1.81 bits per heavy atom. The van der Waals surface area contributed by atoms with E-state index in [0.29, 0.717) is 38.1 Å². The molecule has 0 atom stereocenters. The van der Waals surface area contributed by atoms with Crippen LogP contribution < -0.4 is 0 Å². The van der Waals surface area contributed by atoms with E-state index in [1.54, 1.807) is 0 Å². The fourth-order valence-electron chi connectivity index (χ4n) is 2.69. The second-order valence-corrected chi connectivity index (χ2v) is 6.55. The van der Waals surface area contributed by atoms with Gasteiger partial charge in [0.15, 0.2) is 0 Å². The van der Waals surface area contributed by atoms with E-state index in [0.717, 1.165) is 25.8 Å². The molecule has 1 heterocycles. The van der Waals surface area contributed by atoms with E-state index in [4.69, 9.17) is 5.11 Å². The van der Waals surface area contributed by atoms with Gasteiger partial charge in [-0.25, -0.2) is 4.79 Å². The molecule has 2 fully saturated rings. The summed E-state index contributed by atoms with van der Waals surface area (Å²) >= 11 is 0. The molecule has 6 heteroatoms. The van der Waals surface area contributed by atoms with Crippen LogP contribution in [0.5, 0.6) is 0 Å². The van der Waals surface area contributed by atoms with Gasteiger partial charge in [0.2, 0.25) is 0 Å². The maximum absolute atomic E-state index is 12.6. The smallest absolute Gasteiger partial charge is 0.320 e. The first-order chi connectivity index (χ1) is 9.97. The van der Waals surface area contributed by atoms with E-state index >= 15 is 0 Å². The predicted molar refractivity (Wildman–Crippen MR) is 80.2 cm³/mol. The molecular weight excluding hydrogens is 270 g/mol. The SMILES string of the molecule is CC(C)CCN(C(=O)N1CCN(CC(=O)O)CC1)C1CC1. The van der Waals surface area contributed by atoms with Gasteiger partial charge in [-0.1, -0.05) is 13.8 Å². The molecule has 1 saturated carbocycles. The van der Waals surface area contributed by atoms with Gasteiger partial charge in [0.1, 0.15) is 0 Å². The molecule has 2 aliphatic rings. The number of aliphatic carboxylic acids is 1. The van der Waals surface area contributed by atoms with Crippen LogP contribution in [0.3, 0.4) is 0 Å². The van der Waals surface area contributed by atoms with Crippen molar-refractivity contribution in [3.05, 3.63) is 0 Å². The Balaban J connectivity index is 1.82. The predicted octanol–water partition coefficient (Wildman–Crippen LogP) is 1.32. The molecule has 0 radical (unpaired) electrons. The zero-order valence-corrected chi connectivity index (χ0v) is 13.1. The van der Waals surface area contributed by atoms with Gasteiger partial charge in [0, 0.05) is 38.8 Å². The van der Waals surface area contributed by atoms with Gasteiger partial charge in [-0.2, -0.15) is 0 Å². The number of carboxylic acid groups (broad SMARTS) is 1. The highest BCUT2D eigenvalue weighted by molar-refractivity contribution is 5.75. The number of carboxylic acids is 1. The van der Waals surface area contributed by atoms with Gasteiger partial charge >= 0.3 is 12.0 Å². The maximum atomic E-state index is 12.6. The lowest BCUT2D eigenvalue weighted by molar-refractivity contribution is -0.138. The quantitative estimate of drug-likeness (QED) is 0.803. The number of piperazine rings is 1. The molecular formula is C15H27N3O3. The highest BCUT2D eigenvalue weighted by atomic mass is 16.4. The molecule has 2 rings (SSSR count). The van der Waals surface area contributed by atoms with Crippen molar-refractivity contribution in [2.24, 2.45) is 5.92 Å². The molecule has 0 bridgehead atoms. The van der Waals surface area contributed by atoms with Crippen molar-refractivity contribution in [2.75, 3.05) is 39.3 Å². The van der Waals surface area contributed by atoms with Gasteiger partial charge in [-0.3, -0.25) is 9.69 Å². The van der Waals surface area contributed by atoms with Crippen LogP contribution in [0.4, 0.5) is 4.79 Å². The first-order valence-electron chi connectivity index (χ1n) is 7.97. The molecule has 6 nitrogen and oxygen atoms in total. The van der Waals surface area contributed by atoms with Gasteiger partial charge in [0.25, 0.3) is 0 Å². The summed E-state index contributed by atoms with van der Waals surface area (Å²) in [7, 11) is 0. The minimum Gasteiger partial charge on any atom is -0.480 e. The molecule has 1 N–H and O–H groups in total. The van der Waals surface area contributed by atoms with Crippen molar-refractivity contribution in [2.45, 2.75) is 39.2 Å². The van der Waals surface area contributed by atoms with Crippen LogP contribution in [0.2, 0.25) is 0 Å². The Labute approximate surface area is 126 Å². The average Bonchev–Trinajstić information content (AvgIpc) is 3.23. The van der Waals surface area contributed by atoms with Gasteiger partial charge in [0.05, 0.1) is 6.54 Å². The molecule has 1 aliphatic carbocycles. The van der Waals surface area contributed by atoms with Crippen molar-refractivity contribution >= 4 is 12.0 Å². The average molecular weight is 297 g/mol. The lowest BCUT2D eigenvalue weighted by Crippen LogP contribution is -2.54. The van der Waals surface area contributed by atoms with Crippen LogP contribution in [0.1, 0.15) is 33.1 Å². The largest absolute Gasteiger partial charge is 0.480 e. The second kappa shape index (κ2) is 7.11. The third-order valence-corrected chi connectivity index (χ3v) is 4.18. The number of carbonyl (C=O) groups excluding carboxylic acids is 1. The topological polar surface area (TPSA) is 64.1 Å². The Morgan fingerprint density at radius 1 is 1.19 bits per heavy atom. The van der Waals surface area contributed by atoms with E-state index in [-0.39, 0.29) is 12.6 Å². The zero-order valence-electron chi connectivity index (χ0n) is 13.1. The minimum absolute atomic E-state index is 0.0711. The summed E-state index contributed by atoms with van der Waals surface area (Å²) in [6.45, 7) is 7.86.